The van der Waals surface area contributed by atoms with E-state index in [1.807, 2.05) is 30.3 Å². The van der Waals surface area contributed by atoms with Crippen molar-refractivity contribution in [1.82, 2.24) is 0 Å². The zero-order valence-corrected chi connectivity index (χ0v) is 12.3. The zero-order chi connectivity index (χ0) is 14.3. The van der Waals surface area contributed by atoms with Crippen LogP contribution in [0.15, 0.2) is 30.3 Å². The molecule has 0 aromatic heterocycles. The summed E-state index contributed by atoms with van der Waals surface area (Å²) in [6.45, 7) is 0.804. The molecule has 0 spiro atoms. The van der Waals surface area contributed by atoms with E-state index in [9.17, 15) is 5.11 Å². The normalized spacial score (nSPS) is 20.3. The summed E-state index contributed by atoms with van der Waals surface area (Å²) in [6.07, 6.45) is 8.45. The lowest BCUT2D eigenvalue weighted by atomic mass is 9.91. The summed E-state index contributed by atoms with van der Waals surface area (Å²) in [5.74, 6) is 0. The Labute approximate surface area is 122 Å². The molecule has 1 aromatic rings. The third-order valence-corrected chi connectivity index (χ3v) is 4.32. The van der Waals surface area contributed by atoms with Gasteiger partial charge in [-0.2, -0.15) is 0 Å². The number of nitrogens with two attached hydrogens (primary N) is 1. The monoisotopic (exact) mass is 277 g/mol. The summed E-state index contributed by atoms with van der Waals surface area (Å²) in [7, 11) is 0. The Morgan fingerprint density at radius 2 is 1.75 bits per heavy atom. The van der Waals surface area contributed by atoms with E-state index in [0.717, 1.165) is 18.4 Å². The zero-order valence-electron chi connectivity index (χ0n) is 12.3. The van der Waals surface area contributed by atoms with Gasteiger partial charge in [0.25, 0.3) is 0 Å². The Bertz CT molecular complexity index is 374. The fourth-order valence-electron chi connectivity index (χ4n) is 2.92. The first kappa shape index (κ1) is 15.5. The van der Waals surface area contributed by atoms with Crippen molar-refractivity contribution in [3.05, 3.63) is 35.9 Å². The fourth-order valence-corrected chi connectivity index (χ4v) is 2.92. The van der Waals surface area contributed by atoms with Gasteiger partial charge >= 0.3 is 0 Å². The number of hydrogen-bond donors (Lipinski definition) is 2. The summed E-state index contributed by atoms with van der Waals surface area (Å²) in [5, 5.41) is 10.7. The van der Waals surface area contributed by atoms with Crippen molar-refractivity contribution < 1.29 is 9.84 Å². The van der Waals surface area contributed by atoms with Crippen LogP contribution in [-0.4, -0.2) is 24.4 Å². The molecule has 1 unspecified atom stereocenters. The van der Waals surface area contributed by atoms with Gasteiger partial charge in [-0.15, -0.1) is 0 Å². The molecule has 1 fully saturated rings. The van der Waals surface area contributed by atoms with Crippen molar-refractivity contribution >= 4 is 0 Å². The van der Waals surface area contributed by atoms with Crippen LogP contribution < -0.4 is 5.73 Å². The van der Waals surface area contributed by atoms with Crippen LogP contribution >= 0.6 is 0 Å². The molecule has 0 saturated heterocycles. The van der Waals surface area contributed by atoms with Crippen molar-refractivity contribution in [1.29, 1.82) is 0 Å². The highest BCUT2D eigenvalue weighted by Gasteiger charge is 2.27. The highest BCUT2D eigenvalue weighted by molar-refractivity contribution is 5.22. The number of ether oxygens (including phenoxy) is 1. The standard InChI is InChI=1S/C17H27NO2/c18-14-17(19,15-8-4-3-5-9-15)12-13-20-16-10-6-1-2-7-11-16/h3-5,8-9,16,19H,1-2,6-7,10-14,18H2. The maximum absolute atomic E-state index is 10.7. The Hall–Kier alpha value is -0.900. The molecule has 20 heavy (non-hydrogen) atoms. The van der Waals surface area contributed by atoms with Crippen molar-refractivity contribution in [3.63, 3.8) is 0 Å². The Kier molecular flexibility index (Phi) is 6.02. The first-order chi connectivity index (χ1) is 9.74. The molecular formula is C17H27NO2. The van der Waals surface area contributed by atoms with Gasteiger partial charge in [0.15, 0.2) is 0 Å². The van der Waals surface area contributed by atoms with Crippen molar-refractivity contribution in [2.45, 2.75) is 56.7 Å². The molecule has 0 bridgehead atoms. The summed E-state index contributed by atoms with van der Waals surface area (Å²) in [5.41, 5.74) is 5.69. The van der Waals surface area contributed by atoms with E-state index < -0.39 is 5.60 Å². The summed E-state index contributed by atoms with van der Waals surface area (Å²) < 4.78 is 5.97. The van der Waals surface area contributed by atoms with Crippen LogP contribution in [0, 0.1) is 0 Å². The fraction of sp³-hybridized carbons (Fsp3) is 0.647. The molecule has 1 aromatic carbocycles. The van der Waals surface area contributed by atoms with Crippen LogP contribution in [0.2, 0.25) is 0 Å². The van der Waals surface area contributed by atoms with Crippen molar-refractivity contribution in [2.24, 2.45) is 5.73 Å². The van der Waals surface area contributed by atoms with Crippen LogP contribution in [0.25, 0.3) is 0 Å². The minimum absolute atomic E-state index is 0.227. The van der Waals surface area contributed by atoms with Gasteiger partial charge in [0, 0.05) is 13.0 Å². The lowest BCUT2D eigenvalue weighted by molar-refractivity contribution is -0.0227. The first-order valence-electron chi connectivity index (χ1n) is 7.84. The number of aliphatic hydroxyl groups is 1. The smallest absolute Gasteiger partial charge is 0.104 e. The molecule has 1 aliphatic carbocycles. The first-order valence-corrected chi connectivity index (χ1v) is 7.84. The molecule has 0 amide bonds. The van der Waals surface area contributed by atoms with Crippen LogP contribution in [0.1, 0.15) is 50.5 Å². The van der Waals surface area contributed by atoms with Crippen LogP contribution in [-0.2, 0) is 10.3 Å². The van der Waals surface area contributed by atoms with Gasteiger partial charge in [-0.05, 0) is 18.4 Å². The van der Waals surface area contributed by atoms with Gasteiger partial charge in [-0.3, -0.25) is 0 Å². The van der Waals surface area contributed by atoms with Gasteiger partial charge in [0.05, 0.1) is 12.7 Å². The molecule has 3 nitrogen and oxygen atoms in total. The van der Waals surface area contributed by atoms with E-state index in [1.54, 1.807) is 0 Å². The second-order valence-electron chi connectivity index (χ2n) is 5.84. The largest absolute Gasteiger partial charge is 0.384 e. The van der Waals surface area contributed by atoms with Crippen LogP contribution in [0.4, 0.5) is 0 Å². The third kappa shape index (κ3) is 4.30. The van der Waals surface area contributed by atoms with E-state index in [-0.39, 0.29) is 6.54 Å². The van der Waals surface area contributed by atoms with E-state index in [4.69, 9.17) is 10.5 Å². The lowest BCUT2D eigenvalue weighted by Gasteiger charge is -2.28. The molecular weight excluding hydrogens is 250 g/mol. The molecule has 1 atom stereocenters. The van der Waals surface area contributed by atoms with Gasteiger partial charge in [-0.25, -0.2) is 0 Å². The summed E-state index contributed by atoms with van der Waals surface area (Å²) in [4.78, 5) is 0. The molecule has 2 rings (SSSR count). The number of benzene rings is 1. The van der Waals surface area contributed by atoms with E-state index >= 15 is 0 Å². The highest BCUT2D eigenvalue weighted by atomic mass is 16.5. The van der Waals surface area contributed by atoms with Crippen LogP contribution in [0.3, 0.4) is 0 Å². The third-order valence-electron chi connectivity index (χ3n) is 4.32. The maximum Gasteiger partial charge on any atom is 0.104 e. The van der Waals surface area contributed by atoms with Gasteiger partial charge < -0.3 is 15.6 Å². The minimum Gasteiger partial charge on any atom is -0.384 e. The summed E-state index contributed by atoms with van der Waals surface area (Å²) in [6, 6.07) is 9.67. The molecule has 112 valence electrons. The Morgan fingerprint density at radius 3 is 2.35 bits per heavy atom. The van der Waals surface area contributed by atoms with Gasteiger partial charge in [-0.1, -0.05) is 56.0 Å². The van der Waals surface area contributed by atoms with Crippen LogP contribution in [0.5, 0.6) is 0 Å². The average Bonchev–Trinajstić information content (AvgIpc) is 2.77. The lowest BCUT2D eigenvalue weighted by Crippen LogP contribution is -2.36. The average molecular weight is 277 g/mol. The maximum atomic E-state index is 10.7. The highest BCUT2D eigenvalue weighted by Crippen LogP contribution is 2.25. The second kappa shape index (κ2) is 7.77. The second-order valence-corrected chi connectivity index (χ2v) is 5.84. The quantitative estimate of drug-likeness (QED) is 0.786. The Balaban J connectivity index is 1.84. The molecule has 0 radical (unpaired) electrons. The molecule has 1 aliphatic rings. The van der Waals surface area contributed by atoms with E-state index in [2.05, 4.69) is 0 Å². The number of rotatable bonds is 6. The molecule has 0 aliphatic heterocycles. The van der Waals surface area contributed by atoms with E-state index in [1.165, 1.54) is 25.7 Å². The Morgan fingerprint density at radius 1 is 1.10 bits per heavy atom. The SMILES string of the molecule is NCC(O)(CCOC1CCCCCC1)c1ccccc1. The molecule has 3 N–H and O–H groups in total. The number of hydrogen-bond acceptors (Lipinski definition) is 3. The van der Waals surface area contributed by atoms with Gasteiger partial charge in [0.1, 0.15) is 5.60 Å². The topological polar surface area (TPSA) is 55.5 Å². The van der Waals surface area contributed by atoms with E-state index in [0.29, 0.717) is 19.1 Å². The molecule has 0 heterocycles. The van der Waals surface area contributed by atoms with Crippen molar-refractivity contribution in [3.8, 4) is 0 Å². The predicted molar refractivity (Wildman–Crippen MR) is 81.5 cm³/mol. The van der Waals surface area contributed by atoms with Gasteiger partial charge in [0.2, 0.25) is 0 Å². The minimum atomic E-state index is -0.966. The summed E-state index contributed by atoms with van der Waals surface area (Å²) >= 11 is 0. The van der Waals surface area contributed by atoms with Crippen molar-refractivity contribution in [2.75, 3.05) is 13.2 Å². The predicted octanol–water partition coefficient (Wildman–Crippen LogP) is 2.96. The molecule has 3 heteroatoms. The molecule has 1 saturated carbocycles.